The molecule has 0 radical (unpaired) electrons. The topological polar surface area (TPSA) is 89.3 Å². The Morgan fingerprint density at radius 2 is 1.67 bits per heavy atom. The summed E-state index contributed by atoms with van der Waals surface area (Å²) in [6, 6.07) is 13.7. The number of alkyl halides is 3. The van der Waals surface area contributed by atoms with Gasteiger partial charge in [0.25, 0.3) is 0 Å². The first kappa shape index (κ1) is 24.5. The molecule has 2 amide bonds. The van der Waals surface area contributed by atoms with E-state index in [4.69, 9.17) is 5.73 Å². The Morgan fingerprint density at radius 3 is 2.30 bits per heavy atom. The molecule has 3 N–H and O–H groups in total. The van der Waals surface area contributed by atoms with Crippen LogP contribution < -0.4 is 11.1 Å². The molecule has 3 atom stereocenters. The molecule has 0 heterocycles. The maximum atomic E-state index is 13.3. The van der Waals surface area contributed by atoms with Crippen LogP contribution in [0.15, 0.2) is 48.5 Å². The van der Waals surface area contributed by atoms with Crippen LogP contribution in [0.5, 0.6) is 0 Å². The van der Waals surface area contributed by atoms with Crippen molar-refractivity contribution in [1.29, 1.82) is 0 Å². The molecule has 0 fully saturated rings. The number of halogens is 3. The largest absolute Gasteiger partial charge is 0.389 e. The smallest absolute Gasteiger partial charge is 0.369 e. The van der Waals surface area contributed by atoms with E-state index in [0.29, 0.717) is 12.0 Å². The van der Waals surface area contributed by atoms with Gasteiger partial charge in [-0.05, 0) is 35.1 Å². The maximum absolute atomic E-state index is 13.3. The van der Waals surface area contributed by atoms with Gasteiger partial charge in [-0.15, -0.1) is 0 Å². The number of carbonyl (C=O) groups is 3. The molecule has 2 aromatic rings. The van der Waals surface area contributed by atoms with E-state index in [-0.39, 0.29) is 18.6 Å². The number of ketones is 1. The minimum Gasteiger partial charge on any atom is -0.369 e. The highest BCUT2D eigenvalue weighted by atomic mass is 19.4. The number of Topliss-reactive ketones (excluding diaryl/α,β-unsaturated/α-hetero) is 1. The van der Waals surface area contributed by atoms with E-state index in [2.05, 4.69) is 5.32 Å². The second-order valence-electron chi connectivity index (χ2n) is 8.39. The minimum atomic E-state index is -4.47. The number of hydrogen-bond acceptors (Lipinski definition) is 3. The van der Waals surface area contributed by atoms with Crippen LogP contribution in [0, 0.1) is 11.8 Å². The normalized spacial score (nSPS) is 17.3. The third-order valence-corrected chi connectivity index (χ3v) is 6.08. The Bertz CT molecular complexity index is 1040. The van der Waals surface area contributed by atoms with Crippen molar-refractivity contribution in [1.82, 2.24) is 5.32 Å². The molecule has 0 spiro atoms. The van der Waals surface area contributed by atoms with Crippen molar-refractivity contribution in [3.05, 3.63) is 59.7 Å². The fourth-order valence-corrected chi connectivity index (χ4v) is 4.49. The third-order valence-electron chi connectivity index (χ3n) is 6.08. The number of nitrogens with two attached hydrogens (primary N) is 1. The van der Waals surface area contributed by atoms with Gasteiger partial charge in [0.1, 0.15) is 6.04 Å². The summed E-state index contributed by atoms with van der Waals surface area (Å²) in [5, 5.41) is 2.74. The Labute approximate surface area is 190 Å². The second kappa shape index (κ2) is 10.2. The second-order valence-corrected chi connectivity index (χ2v) is 8.39. The number of amides is 2. The highest BCUT2D eigenvalue weighted by Crippen LogP contribution is 2.36. The molecule has 8 heteroatoms. The van der Waals surface area contributed by atoms with Crippen LogP contribution >= 0.6 is 0 Å². The van der Waals surface area contributed by atoms with Crippen molar-refractivity contribution in [3.8, 4) is 11.1 Å². The molecule has 33 heavy (non-hydrogen) atoms. The van der Waals surface area contributed by atoms with E-state index in [9.17, 15) is 27.6 Å². The summed E-state index contributed by atoms with van der Waals surface area (Å²) in [6.45, 7) is 1.77. The van der Waals surface area contributed by atoms with Crippen molar-refractivity contribution in [2.45, 2.75) is 51.2 Å². The van der Waals surface area contributed by atoms with Crippen LogP contribution in [-0.2, 0) is 20.8 Å². The molecule has 0 aromatic heterocycles. The summed E-state index contributed by atoms with van der Waals surface area (Å²) >= 11 is 0. The quantitative estimate of drug-likeness (QED) is 0.608. The first-order chi connectivity index (χ1) is 15.6. The van der Waals surface area contributed by atoms with E-state index >= 15 is 0 Å². The molecule has 2 aromatic carbocycles. The minimum absolute atomic E-state index is 0.0988. The maximum Gasteiger partial charge on any atom is 0.389 e. The molecule has 0 saturated carbocycles. The number of nitrogens with one attached hydrogen (secondary N) is 1. The van der Waals surface area contributed by atoms with Gasteiger partial charge in [-0.2, -0.15) is 13.2 Å². The van der Waals surface area contributed by atoms with E-state index in [0.717, 1.165) is 16.7 Å². The average Bonchev–Trinajstić information content (AvgIpc) is 2.87. The molecule has 0 unspecified atom stereocenters. The molecule has 1 aliphatic carbocycles. The van der Waals surface area contributed by atoms with Gasteiger partial charge in [0.2, 0.25) is 11.8 Å². The van der Waals surface area contributed by atoms with Crippen LogP contribution in [0.4, 0.5) is 13.2 Å². The predicted molar refractivity (Wildman–Crippen MR) is 118 cm³/mol. The van der Waals surface area contributed by atoms with Crippen molar-refractivity contribution in [2.24, 2.45) is 17.6 Å². The molecule has 5 nitrogen and oxygen atoms in total. The van der Waals surface area contributed by atoms with Crippen molar-refractivity contribution in [2.75, 3.05) is 0 Å². The summed E-state index contributed by atoms with van der Waals surface area (Å²) < 4.78 is 38.4. The van der Waals surface area contributed by atoms with Gasteiger partial charge in [0.15, 0.2) is 5.78 Å². The van der Waals surface area contributed by atoms with Gasteiger partial charge >= 0.3 is 6.18 Å². The lowest BCUT2D eigenvalue weighted by Crippen LogP contribution is -2.44. The lowest BCUT2D eigenvalue weighted by atomic mass is 9.83. The van der Waals surface area contributed by atoms with E-state index in [1.54, 1.807) is 19.1 Å². The SMILES string of the molecule is CCC[C@@H](C(=O)N[C@@H]1C(=O)Cc2ccccc2-c2ccccc21)[C@H](CCC(F)(F)F)C(N)=O. The number of benzene rings is 2. The highest BCUT2D eigenvalue weighted by Gasteiger charge is 2.38. The van der Waals surface area contributed by atoms with E-state index in [1.807, 2.05) is 36.4 Å². The lowest BCUT2D eigenvalue weighted by Gasteiger charge is -2.27. The fourth-order valence-electron chi connectivity index (χ4n) is 4.49. The van der Waals surface area contributed by atoms with Crippen molar-refractivity contribution < 1.29 is 27.6 Å². The van der Waals surface area contributed by atoms with Crippen LogP contribution in [0.1, 0.15) is 49.8 Å². The Balaban J connectivity index is 1.92. The van der Waals surface area contributed by atoms with Crippen LogP contribution in [0.2, 0.25) is 0 Å². The summed E-state index contributed by atoms with van der Waals surface area (Å²) in [7, 11) is 0. The molecule has 0 saturated heterocycles. The van der Waals surface area contributed by atoms with Crippen LogP contribution in [0.3, 0.4) is 0 Å². The molecule has 1 aliphatic rings. The molecule has 176 valence electrons. The van der Waals surface area contributed by atoms with E-state index < -0.39 is 48.7 Å². The first-order valence-electron chi connectivity index (χ1n) is 11.0. The van der Waals surface area contributed by atoms with Crippen molar-refractivity contribution in [3.63, 3.8) is 0 Å². The zero-order chi connectivity index (χ0) is 24.2. The van der Waals surface area contributed by atoms with Gasteiger partial charge in [-0.1, -0.05) is 61.9 Å². The Kier molecular flexibility index (Phi) is 7.56. The number of rotatable bonds is 8. The third kappa shape index (κ3) is 5.80. The monoisotopic (exact) mass is 460 g/mol. The molecular formula is C25H27F3N2O3. The van der Waals surface area contributed by atoms with Crippen LogP contribution in [0.25, 0.3) is 11.1 Å². The molecule has 0 aliphatic heterocycles. The van der Waals surface area contributed by atoms with Crippen molar-refractivity contribution >= 4 is 17.6 Å². The van der Waals surface area contributed by atoms with Crippen LogP contribution in [-0.4, -0.2) is 23.8 Å². The van der Waals surface area contributed by atoms with Gasteiger partial charge < -0.3 is 11.1 Å². The molecular weight excluding hydrogens is 433 g/mol. The Morgan fingerprint density at radius 1 is 1.03 bits per heavy atom. The number of hydrogen-bond donors (Lipinski definition) is 2. The standard InChI is InChI=1S/C25H27F3N2O3/c1-2-7-20(19(23(29)32)12-13-25(26,27)28)24(33)30-22-18-11-6-5-10-17(18)16-9-4-3-8-15(16)14-21(22)31/h3-6,8-11,19-20,22H,2,7,12-14H2,1H3,(H2,29,32)(H,30,33)/t19-,20+,22-/m0/s1. The van der Waals surface area contributed by atoms with Gasteiger partial charge in [0, 0.05) is 24.7 Å². The average molecular weight is 460 g/mol. The number of fused-ring (bicyclic) bond motifs is 3. The fraction of sp³-hybridized carbons (Fsp3) is 0.400. The highest BCUT2D eigenvalue weighted by molar-refractivity contribution is 5.97. The van der Waals surface area contributed by atoms with Gasteiger partial charge in [-0.25, -0.2) is 0 Å². The van der Waals surface area contributed by atoms with Gasteiger partial charge in [0.05, 0.1) is 0 Å². The summed E-state index contributed by atoms with van der Waals surface area (Å²) in [4.78, 5) is 38.4. The predicted octanol–water partition coefficient (Wildman–Crippen LogP) is 4.50. The van der Waals surface area contributed by atoms with E-state index in [1.165, 1.54) is 0 Å². The number of primary amides is 1. The van der Waals surface area contributed by atoms with Gasteiger partial charge in [-0.3, -0.25) is 14.4 Å². The zero-order valence-electron chi connectivity index (χ0n) is 18.3. The lowest BCUT2D eigenvalue weighted by molar-refractivity contribution is -0.146. The number of carbonyl (C=O) groups excluding carboxylic acids is 3. The summed E-state index contributed by atoms with van der Waals surface area (Å²) in [6.07, 6.45) is -5.51. The summed E-state index contributed by atoms with van der Waals surface area (Å²) in [5.74, 6) is -4.16. The molecule has 3 rings (SSSR count). The zero-order valence-corrected chi connectivity index (χ0v) is 18.3. The Hall–Kier alpha value is -3.16. The summed E-state index contributed by atoms with van der Waals surface area (Å²) in [5.41, 5.74) is 8.54. The molecule has 0 bridgehead atoms. The first-order valence-corrected chi connectivity index (χ1v) is 11.0.